The third-order valence-corrected chi connectivity index (χ3v) is 3.08. The molecule has 0 spiro atoms. The van der Waals surface area contributed by atoms with Gasteiger partial charge >= 0.3 is 6.18 Å². The summed E-state index contributed by atoms with van der Waals surface area (Å²) in [4.78, 5) is 24.9. The van der Waals surface area contributed by atoms with Gasteiger partial charge in [0.25, 0.3) is 0 Å². The molecule has 1 fully saturated rings. The Kier molecular flexibility index (Phi) is 6.90. The highest BCUT2D eigenvalue weighted by Gasteiger charge is 2.30. The van der Waals surface area contributed by atoms with Gasteiger partial charge in [-0.3, -0.25) is 9.59 Å². The monoisotopic (exact) mass is 311 g/mol. The van der Waals surface area contributed by atoms with Crippen LogP contribution in [0.3, 0.4) is 0 Å². The molecular weight excluding hydrogens is 291 g/mol. The molecule has 122 valence electrons. The molecule has 1 rings (SSSR count). The summed E-state index contributed by atoms with van der Waals surface area (Å²) in [5, 5.41) is 2.64. The van der Waals surface area contributed by atoms with Crippen LogP contribution in [0.2, 0.25) is 0 Å². The maximum atomic E-state index is 11.9. The van der Waals surface area contributed by atoms with E-state index in [1.807, 2.05) is 0 Å². The Morgan fingerprint density at radius 2 is 2.10 bits per heavy atom. The van der Waals surface area contributed by atoms with Crippen molar-refractivity contribution < 1.29 is 27.5 Å². The summed E-state index contributed by atoms with van der Waals surface area (Å²) in [5.74, 6) is -1.07. The van der Waals surface area contributed by atoms with Crippen molar-refractivity contribution in [2.75, 3.05) is 39.4 Å². The molecular formula is C12H20F3N3O3. The summed E-state index contributed by atoms with van der Waals surface area (Å²) < 4.78 is 40.1. The first kappa shape index (κ1) is 17.7. The standard InChI is InChI=1S/C12H20F3N3O3/c13-12(14,15)8-21-7-10(19)18-5-1-2-9(6-18)11(20)17-4-3-16/h9H,1-8,16H2,(H,17,20). The van der Waals surface area contributed by atoms with Crippen molar-refractivity contribution in [3.63, 3.8) is 0 Å². The van der Waals surface area contributed by atoms with Crippen molar-refractivity contribution >= 4 is 11.8 Å². The van der Waals surface area contributed by atoms with Gasteiger partial charge in [-0.15, -0.1) is 0 Å². The predicted molar refractivity (Wildman–Crippen MR) is 68.2 cm³/mol. The van der Waals surface area contributed by atoms with Gasteiger partial charge in [-0.25, -0.2) is 0 Å². The summed E-state index contributed by atoms with van der Waals surface area (Å²) >= 11 is 0. The molecule has 0 radical (unpaired) electrons. The molecule has 1 unspecified atom stereocenters. The lowest BCUT2D eigenvalue weighted by atomic mass is 9.97. The van der Waals surface area contributed by atoms with Crippen LogP contribution in [0.15, 0.2) is 0 Å². The Balaban J connectivity index is 2.37. The van der Waals surface area contributed by atoms with Crippen LogP contribution in [0.4, 0.5) is 13.2 Å². The lowest BCUT2D eigenvalue weighted by molar-refractivity contribution is -0.178. The van der Waals surface area contributed by atoms with Gasteiger partial charge in [0.05, 0.1) is 5.92 Å². The summed E-state index contributed by atoms with van der Waals surface area (Å²) in [7, 11) is 0. The van der Waals surface area contributed by atoms with Crippen LogP contribution in [-0.2, 0) is 14.3 Å². The maximum Gasteiger partial charge on any atom is 0.411 e. The van der Waals surface area contributed by atoms with Gasteiger partial charge in [-0.05, 0) is 12.8 Å². The minimum absolute atomic E-state index is 0.186. The Labute approximate surface area is 120 Å². The van der Waals surface area contributed by atoms with Crippen LogP contribution in [0.1, 0.15) is 12.8 Å². The van der Waals surface area contributed by atoms with Crippen LogP contribution in [0, 0.1) is 5.92 Å². The number of rotatable bonds is 6. The highest BCUT2D eigenvalue weighted by molar-refractivity contribution is 5.81. The molecule has 0 saturated carbocycles. The molecule has 21 heavy (non-hydrogen) atoms. The van der Waals surface area contributed by atoms with Crippen molar-refractivity contribution in [1.82, 2.24) is 10.2 Å². The molecule has 1 saturated heterocycles. The third kappa shape index (κ3) is 6.76. The molecule has 0 aromatic rings. The number of amides is 2. The van der Waals surface area contributed by atoms with Gasteiger partial charge in [-0.1, -0.05) is 0 Å². The molecule has 6 nitrogen and oxygen atoms in total. The summed E-state index contributed by atoms with van der Waals surface area (Å²) in [6, 6.07) is 0. The smallest absolute Gasteiger partial charge is 0.362 e. The van der Waals surface area contributed by atoms with Crippen molar-refractivity contribution in [1.29, 1.82) is 0 Å². The van der Waals surface area contributed by atoms with Crippen LogP contribution in [0.25, 0.3) is 0 Å². The summed E-state index contributed by atoms with van der Waals surface area (Å²) in [6.07, 6.45) is -3.18. The lowest BCUT2D eigenvalue weighted by Crippen LogP contribution is -2.47. The molecule has 9 heteroatoms. The molecule has 0 bridgehead atoms. The first-order chi connectivity index (χ1) is 9.83. The van der Waals surface area contributed by atoms with Crippen LogP contribution in [-0.4, -0.2) is 62.3 Å². The first-order valence-electron chi connectivity index (χ1n) is 6.73. The third-order valence-electron chi connectivity index (χ3n) is 3.08. The molecule has 0 aromatic carbocycles. The summed E-state index contributed by atoms with van der Waals surface area (Å²) in [5.41, 5.74) is 5.28. The number of hydrogen-bond donors (Lipinski definition) is 2. The predicted octanol–water partition coefficient (Wildman–Crippen LogP) is -0.121. The van der Waals surface area contributed by atoms with E-state index in [9.17, 15) is 22.8 Å². The molecule has 1 atom stereocenters. The highest BCUT2D eigenvalue weighted by Crippen LogP contribution is 2.18. The number of nitrogens with zero attached hydrogens (tertiary/aromatic N) is 1. The van der Waals surface area contributed by atoms with Crippen LogP contribution >= 0.6 is 0 Å². The average Bonchev–Trinajstić information content (AvgIpc) is 2.43. The van der Waals surface area contributed by atoms with E-state index in [1.54, 1.807) is 0 Å². The molecule has 3 N–H and O–H groups in total. The topological polar surface area (TPSA) is 84.7 Å². The van der Waals surface area contributed by atoms with E-state index in [0.717, 1.165) is 0 Å². The SMILES string of the molecule is NCCNC(=O)C1CCCN(C(=O)COCC(F)(F)F)C1. The van der Waals surface area contributed by atoms with Gasteiger partial charge < -0.3 is 20.7 Å². The van der Waals surface area contributed by atoms with Gasteiger partial charge in [0, 0.05) is 26.2 Å². The number of hydrogen-bond acceptors (Lipinski definition) is 4. The van der Waals surface area contributed by atoms with E-state index in [1.165, 1.54) is 4.90 Å². The minimum atomic E-state index is -4.45. The fourth-order valence-electron chi connectivity index (χ4n) is 2.10. The number of nitrogens with two attached hydrogens (primary N) is 1. The van der Waals surface area contributed by atoms with E-state index in [2.05, 4.69) is 10.1 Å². The average molecular weight is 311 g/mol. The number of halogens is 3. The maximum absolute atomic E-state index is 11.9. The molecule has 1 heterocycles. The van der Waals surface area contributed by atoms with Crippen molar-refractivity contribution in [3.8, 4) is 0 Å². The minimum Gasteiger partial charge on any atom is -0.362 e. The Morgan fingerprint density at radius 3 is 2.71 bits per heavy atom. The first-order valence-corrected chi connectivity index (χ1v) is 6.73. The second-order valence-corrected chi connectivity index (χ2v) is 4.87. The van der Waals surface area contributed by atoms with E-state index >= 15 is 0 Å². The molecule has 1 aliphatic heterocycles. The fourth-order valence-corrected chi connectivity index (χ4v) is 2.10. The second-order valence-electron chi connectivity index (χ2n) is 4.87. The zero-order valence-electron chi connectivity index (χ0n) is 11.6. The molecule has 0 aliphatic carbocycles. The molecule has 1 aliphatic rings. The van der Waals surface area contributed by atoms with Gasteiger partial charge in [0.2, 0.25) is 11.8 Å². The van der Waals surface area contributed by atoms with Crippen LogP contribution in [0.5, 0.6) is 0 Å². The van der Waals surface area contributed by atoms with E-state index < -0.39 is 25.3 Å². The zero-order chi connectivity index (χ0) is 15.9. The zero-order valence-corrected chi connectivity index (χ0v) is 11.6. The highest BCUT2D eigenvalue weighted by atomic mass is 19.4. The Bertz CT molecular complexity index is 363. The lowest BCUT2D eigenvalue weighted by Gasteiger charge is -2.32. The second kappa shape index (κ2) is 8.18. The number of nitrogens with one attached hydrogen (secondary N) is 1. The van der Waals surface area contributed by atoms with E-state index in [4.69, 9.17) is 5.73 Å². The van der Waals surface area contributed by atoms with E-state index in [-0.39, 0.29) is 18.4 Å². The van der Waals surface area contributed by atoms with Crippen molar-refractivity contribution in [2.24, 2.45) is 11.7 Å². The Morgan fingerprint density at radius 1 is 1.38 bits per heavy atom. The molecule has 2 amide bonds. The molecule has 0 aromatic heterocycles. The quantitative estimate of drug-likeness (QED) is 0.716. The number of carbonyl (C=O) groups excluding carboxylic acids is 2. The van der Waals surface area contributed by atoms with Crippen molar-refractivity contribution in [3.05, 3.63) is 0 Å². The fraction of sp³-hybridized carbons (Fsp3) is 0.833. The number of ether oxygens (including phenoxy) is 1. The number of likely N-dealkylation sites (tertiary alicyclic amines) is 1. The van der Waals surface area contributed by atoms with Gasteiger partial charge in [-0.2, -0.15) is 13.2 Å². The number of alkyl halides is 3. The normalized spacial score (nSPS) is 19.4. The van der Waals surface area contributed by atoms with Crippen molar-refractivity contribution in [2.45, 2.75) is 19.0 Å². The van der Waals surface area contributed by atoms with E-state index in [0.29, 0.717) is 32.5 Å². The largest absolute Gasteiger partial charge is 0.411 e. The number of carbonyl (C=O) groups is 2. The van der Waals surface area contributed by atoms with Crippen LogP contribution < -0.4 is 11.1 Å². The van der Waals surface area contributed by atoms with Gasteiger partial charge in [0.1, 0.15) is 13.2 Å². The Hall–Kier alpha value is -1.35. The number of piperidine rings is 1. The van der Waals surface area contributed by atoms with Gasteiger partial charge in [0.15, 0.2) is 0 Å². The summed E-state index contributed by atoms with van der Waals surface area (Å²) in [6.45, 7) is -0.770.